The van der Waals surface area contributed by atoms with Gasteiger partial charge < -0.3 is 14.8 Å². The van der Waals surface area contributed by atoms with Gasteiger partial charge in [-0.1, -0.05) is 66.2 Å². The standard InChI is InChI=1S/C29H33NO7S/c1-21-15-17-24(18-16-21)38(33,34)37-26(20-35-27(31)23-13-9-6-10-14-23)25(19-22-11-7-5-8-12-22)30-28(32)36-29(2,3)4/h5-18,25-26H,19-20H2,1-4H3,(H,30,32)/t25-,26+/m0/s1. The van der Waals surface area contributed by atoms with Gasteiger partial charge in [0.25, 0.3) is 10.1 Å². The van der Waals surface area contributed by atoms with E-state index in [-0.39, 0.29) is 11.3 Å². The molecule has 0 spiro atoms. The van der Waals surface area contributed by atoms with Gasteiger partial charge in [0.1, 0.15) is 18.3 Å². The SMILES string of the molecule is Cc1ccc(S(=O)(=O)O[C@H](COC(=O)c2ccccc2)[C@H](Cc2ccccc2)NC(=O)OC(C)(C)C)cc1. The molecule has 8 nitrogen and oxygen atoms in total. The van der Waals surface area contributed by atoms with Gasteiger partial charge in [-0.25, -0.2) is 9.59 Å². The lowest BCUT2D eigenvalue weighted by molar-refractivity contribution is 0.0195. The maximum atomic E-state index is 13.2. The Kier molecular flexibility index (Phi) is 9.66. The lowest BCUT2D eigenvalue weighted by Gasteiger charge is -2.29. The number of benzene rings is 3. The van der Waals surface area contributed by atoms with Crippen LogP contribution >= 0.6 is 0 Å². The number of carbonyl (C=O) groups excluding carboxylic acids is 2. The van der Waals surface area contributed by atoms with Crippen molar-refractivity contribution in [1.82, 2.24) is 5.32 Å². The van der Waals surface area contributed by atoms with Gasteiger partial charge in [0.05, 0.1) is 16.5 Å². The summed E-state index contributed by atoms with van der Waals surface area (Å²) >= 11 is 0. The Morgan fingerprint density at radius 3 is 2.03 bits per heavy atom. The lowest BCUT2D eigenvalue weighted by Crippen LogP contribution is -2.50. The molecule has 0 heterocycles. The monoisotopic (exact) mass is 539 g/mol. The molecule has 3 aromatic carbocycles. The molecule has 0 bridgehead atoms. The van der Waals surface area contributed by atoms with Crippen molar-refractivity contribution in [1.29, 1.82) is 0 Å². The van der Waals surface area contributed by atoms with Crippen LogP contribution in [-0.2, 0) is 30.2 Å². The molecule has 0 aliphatic rings. The van der Waals surface area contributed by atoms with E-state index in [4.69, 9.17) is 13.7 Å². The van der Waals surface area contributed by atoms with E-state index in [9.17, 15) is 18.0 Å². The molecular formula is C29H33NO7S. The van der Waals surface area contributed by atoms with Gasteiger partial charge >= 0.3 is 12.1 Å². The first-order valence-corrected chi connectivity index (χ1v) is 13.6. The van der Waals surface area contributed by atoms with Crippen LogP contribution in [0, 0.1) is 6.92 Å². The molecule has 9 heteroatoms. The second-order valence-corrected chi connectivity index (χ2v) is 11.4. The van der Waals surface area contributed by atoms with Gasteiger partial charge in [-0.05, 0) is 63.9 Å². The fourth-order valence-corrected chi connectivity index (χ4v) is 4.65. The van der Waals surface area contributed by atoms with Crippen molar-refractivity contribution >= 4 is 22.2 Å². The summed E-state index contributed by atoms with van der Waals surface area (Å²) in [4.78, 5) is 25.4. The van der Waals surface area contributed by atoms with Crippen LogP contribution in [0.15, 0.2) is 89.8 Å². The van der Waals surface area contributed by atoms with E-state index in [0.29, 0.717) is 5.56 Å². The van der Waals surface area contributed by atoms with Crippen LogP contribution in [-0.4, -0.2) is 44.8 Å². The van der Waals surface area contributed by atoms with Crippen LogP contribution in [0.4, 0.5) is 4.79 Å². The van der Waals surface area contributed by atoms with E-state index in [0.717, 1.165) is 11.1 Å². The number of rotatable bonds is 10. The number of aryl methyl sites for hydroxylation is 1. The highest BCUT2D eigenvalue weighted by molar-refractivity contribution is 7.86. The van der Waals surface area contributed by atoms with Crippen LogP contribution in [0.3, 0.4) is 0 Å². The first kappa shape index (κ1) is 28.9. The summed E-state index contributed by atoms with van der Waals surface area (Å²) in [5, 5.41) is 2.73. The zero-order chi connectivity index (χ0) is 27.8. The predicted molar refractivity (Wildman–Crippen MR) is 143 cm³/mol. The summed E-state index contributed by atoms with van der Waals surface area (Å²) in [6.07, 6.45) is -1.83. The van der Waals surface area contributed by atoms with Crippen molar-refractivity contribution in [2.45, 2.75) is 56.8 Å². The Morgan fingerprint density at radius 1 is 0.868 bits per heavy atom. The van der Waals surface area contributed by atoms with Gasteiger partial charge in [0.15, 0.2) is 0 Å². The van der Waals surface area contributed by atoms with E-state index in [1.54, 1.807) is 63.2 Å². The van der Waals surface area contributed by atoms with Crippen LogP contribution < -0.4 is 5.32 Å². The maximum Gasteiger partial charge on any atom is 0.407 e. The number of hydrogen-bond acceptors (Lipinski definition) is 7. The number of nitrogens with one attached hydrogen (secondary N) is 1. The molecule has 1 N–H and O–H groups in total. The minimum absolute atomic E-state index is 0.0572. The van der Waals surface area contributed by atoms with E-state index in [1.807, 2.05) is 37.3 Å². The van der Waals surface area contributed by atoms with E-state index < -0.39 is 46.5 Å². The van der Waals surface area contributed by atoms with E-state index in [2.05, 4.69) is 5.32 Å². The van der Waals surface area contributed by atoms with E-state index >= 15 is 0 Å². The molecule has 0 radical (unpaired) electrons. The Bertz CT molecular complexity index is 1300. The third kappa shape index (κ3) is 9.00. The average molecular weight is 540 g/mol. The molecule has 1 amide bonds. The smallest absolute Gasteiger partial charge is 0.407 e. The van der Waals surface area contributed by atoms with Gasteiger partial charge in [0.2, 0.25) is 0 Å². The van der Waals surface area contributed by atoms with Gasteiger partial charge in [0, 0.05) is 0 Å². The van der Waals surface area contributed by atoms with Crippen molar-refractivity contribution in [3.8, 4) is 0 Å². The maximum absolute atomic E-state index is 13.2. The zero-order valence-corrected chi connectivity index (χ0v) is 22.7. The molecular weight excluding hydrogens is 506 g/mol. The first-order valence-electron chi connectivity index (χ1n) is 12.2. The number of carbonyl (C=O) groups is 2. The minimum Gasteiger partial charge on any atom is -0.459 e. The molecule has 0 aromatic heterocycles. The van der Waals surface area contributed by atoms with Crippen molar-refractivity contribution in [3.63, 3.8) is 0 Å². The molecule has 0 saturated carbocycles. The quantitative estimate of drug-likeness (QED) is 0.283. The summed E-state index contributed by atoms with van der Waals surface area (Å²) < 4.78 is 43.0. The normalized spacial score (nSPS) is 13.3. The minimum atomic E-state index is -4.28. The average Bonchev–Trinajstić information content (AvgIpc) is 2.86. The highest BCUT2D eigenvalue weighted by Gasteiger charge is 2.33. The highest BCUT2D eigenvalue weighted by atomic mass is 32.2. The van der Waals surface area contributed by atoms with Gasteiger partial charge in [-0.2, -0.15) is 8.42 Å². The van der Waals surface area contributed by atoms with Crippen molar-refractivity contribution in [2.24, 2.45) is 0 Å². The number of amides is 1. The molecule has 0 aliphatic heterocycles. The molecule has 38 heavy (non-hydrogen) atoms. The Hall–Kier alpha value is -3.69. The van der Waals surface area contributed by atoms with Crippen LogP contribution in [0.1, 0.15) is 42.3 Å². The predicted octanol–water partition coefficient (Wildman–Crippen LogP) is 5.06. The Labute approximate surface area is 224 Å². The number of esters is 1. The largest absolute Gasteiger partial charge is 0.459 e. The molecule has 0 saturated heterocycles. The van der Waals surface area contributed by atoms with Crippen molar-refractivity contribution in [2.75, 3.05) is 6.61 Å². The Morgan fingerprint density at radius 2 is 1.45 bits per heavy atom. The zero-order valence-electron chi connectivity index (χ0n) is 21.9. The molecule has 0 unspecified atom stereocenters. The summed E-state index contributed by atoms with van der Waals surface area (Å²) in [7, 11) is -4.28. The molecule has 3 aromatic rings. The second kappa shape index (κ2) is 12.7. The number of alkyl carbamates (subject to hydrolysis) is 1. The summed E-state index contributed by atoms with van der Waals surface area (Å²) in [6.45, 7) is 6.55. The fourth-order valence-electron chi connectivity index (χ4n) is 3.55. The molecule has 202 valence electrons. The van der Waals surface area contributed by atoms with Crippen molar-refractivity contribution < 1.29 is 31.7 Å². The molecule has 2 atom stereocenters. The van der Waals surface area contributed by atoms with Crippen molar-refractivity contribution in [3.05, 3.63) is 102 Å². The van der Waals surface area contributed by atoms with Crippen LogP contribution in [0.2, 0.25) is 0 Å². The summed E-state index contributed by atoms with van der Waals surface area (Å²) in [6, 6.07) is 22.7. The van der Waals surface area contributed by atoms with Gasteiger partial charge in [-0.15, -0.1) is 0 Å². The summed E-state index contributed by atoms with van der Waals surface area (Å²) in [5.41, 5.74) is 1.20. The lowest BCUT2D eigenvalue weighted by atomic mass is 10.0. The second-order valence-electron chi connectivity index (χ2n) is 9.81. The molecule has 0 fully saturated rings. The van der Waals surface area contributed by atoms with Gasteiger partial charge in [-0.3, -0.25) is 4.18 Å². The highest BCUT2D eigenvalue weighted by Crippen LogP contribution is 2.20. The van der Waals surface area contributed by atoms with Crippen LogP contribution in [0.5, 0.6) is 0 Å². The van der Waals surface area contributed by atoms with E-state index in [1.165, 1.54) is 12.1 Å². The third-order valence-corrected chi connectivity index (χ3v) is 6.75. The fraction of sp³-hybridized carbons (Fsp3) is 0.310. The third-order valence-electron chi connectivity index (χ3n) is 5.40. The Balaban J connectivity index is 1.93. The topological polar surface area (TPSA) is 108 Å². The molecule has 3 rings (SSSR count). The van der Waals surface area contributed by atoms with Crippen LogP contribution in [0.25, 0.3) is 0 Å². The first-order chi connectivity index (χ1) is 17.9. The molecule has 0 aliphatic carbocycles. The number of ether oxygens (including phenoxy) is 2. The summed E-state index contributed by atoms with van der Waals surface area (Å²) in [5.74, 6) is -0.650. The number of hydrogen-bond donors (Lipinski definition) is 1.